The topological polar surface area (TPSA) is 146 Å². The zero-order valence-electron chi connectivity index (χ0n) is 21.4. The molecule has 0 radical (unpaired) electrons. The summed E-state index contributed by atoms with van der Waals surface area (Å²) in [6, 6.07) is 5.42. The van der Waals surface area contributed by atoms with Gasteiger partial charge in [-0.1, -0.05) is 5.21 Å². The molecule has 198 valence electrons. The molecule has 1 fully saturated rings. The van der Waals surface area contributed by atoms with Gasteiger partial charge in [0.25, 0.3) is 0 Å². The molecule has 4 rings (SSSR count). The molecule has 2 N–H and O–H groups in total. The lowest BCUT2D eigenvalue weighted by Crippen LogP contribution is -2.29. The fourth-order valence-corrected chi connectivity index (χ4v) is 4.29. The van der Waals surface area contributed by atoms with Crippen molar-refractivity contribution < 1.29 is 24.1 Å². The molecule has 0 aliphatic heterocycles. The van der Waals surface area contributed by atoms with Crippen molar-refractivity contribution >= 4 is 11.9 Å². The van der Waals surface area contributed by atoms with Crippen LogP contribution in [-0.4, -0.2) is 67.4 Å². The normalized spacial score (nSPS) is 17.4. The van der Waals surface area contributed by atoms with Crippen molar-refractivity contribution in [3.8, 4) is 23.0 Å². The largest absolute Gasteiger partial charge is 0.489 e. The van der Waals surface area contributed by atoms with Crippen LogP contribution in [0.15, 0.2) is 24.4 Å². The summed E-state index contributed by atoms with van der Waals surface area (Å²) < 4.78 is 18.5. The maximum Gasteiger partial charge on any atom is 0.306 e. The van der Waals surface area contributed by atoms with Gasteiger partial charge in [0.2, 0.25) is 11.8 Å². The highest BCUT2D eigenvalue weighted by Crippen LogP contribution is 2.30. The summed E-state index contributed by atoms with van der Waals surface area (Å²) >= 11 is 0. The minimum absolute atomic E-state index is 0.128. The number of pyridine rings is 1. The Bertz CT molecular complexity index is 1200. The van der Waals surface area contributed by atoms with Crippen LogP contribution in [0.5, 0.6) is 11.6 Å². The predicted molar refractivity (Wildman–Crippen MR) is 134 cm³/mol. The molecular formula is C25H33N7O5. The molecule has 0 bridgehead atoms. The number of carboxylic acid groups (broad SMARTS) is 1. The Morgan fingerprint density at radius 3 is 2.86 bits per heavy atom. The standard InChI is InChI=1S/C25H33N7O5/c1-16-21(37-18-7-4-6-17(14-18)24(33)34)9-8-19(28-16)23-20(32(2)31-30-23)15-27-25-26-11-10-22(29-25)36-13-5-12-35-3/h8-11,17-18H,4-7,12-15H2,1-3H3,(H,33,34)(H,26,27,29)/t17-,18-/m0/s1. The molecule has 0 aromatic carbocycles. The van der Waals surface area contributed by atoms with E-state index in [0.717, 1.165) is 25.0 Å². The van der Waals surface area contributed by atoms with E-state index < -0.39 is 5.97 Å². The Labute approximate surface area is 215 Å². The number of hydrogen-bond acceptors (Lipinski definition) is 10. The van der Waals surface area contributed by atoms with E-state index in [-0.39, 0.29) is 12.0 Å². The van der Waals surface area contributed by atoms with E-state index in [1.165, 1.54) is 0 Å². The van der Waals surface area contributed by atoms with Crippen molar-refractivity contribution in [3.63, 3.8) is 0 Å². The van der Waals surface area contributed by atoms with Crippen LogP contribution < -0.4 is 14.8 Å². The highest BCUT2D eigenvalue weighted by molar-refractivity contribution is 5.70. The van der Waals surface area contributed by atoms with Crippen molar-refractivity contribution in [3.05, 3.63) is 35.8 Å². The Morgan fingerprint density at radius 2 is 2.08 bits per heavy atom. The zero-order valence-corrected chi connectivity index (χ0v) is 21.4. The fourth-order valence-electron chi connectivity index (χ4n) is 4.29. The molecule has 3 aromatic rings. The highest BCUT2D eigenvalue weighted by Gasteiger charge is 2.28. The zero-order chi connectivity index (χ0) is 26.2. The number of methoxy groups -OCH3 is 1. The fraction of sp³-hybridized carbons (Fsp3) is 0.520. The average Bonchev–Trinajstić information content (AvgIpc) is 3.27. The van der Waals surface area contributed by atoms with Gasteiger partial charge in [0, 0.05) is 39.4 Å². The number of carboxylic acids is 1. The third-order valence-electron chi connectivity index (χ3n) is 6.28. The maximum absolute atomic E-state index is 11.4. The van der Waals surface area contributed by atoms with Crippen LogP contribution in [0.25, 0.3) is 11.4 Å². The SMILES string of the molecule is COCCCOc1ccnc(NCc2c(-c3ccc(O[C@H]4CCC[C@H](C(=O)O)C4)c(C)n3)nnn2C)n1. The molecular weight excluding hydrogens is 478 g/mol. The number of aromatic nitrogens is 6. The highest BCUT2D eigenvalue weighted by atomic mass is 16.5. The molecule has 0 unspecified atom stereocenters. The van der Waals surface area contributed by atoms with Gasteiger partial charge in [-0.25, -0.2) is 14.6 Å². The smallest absolute Gasteiger partial charge is 0.306 e. The number of anilines is 1. The summed E-state index contributed by atoms with van der Waals surface area (Å²) in [4.78, 5) is 24.7. The molecule has 1 saturated carbocycles. The first-order valence-electron chi connectivity index (χ1n) is 12.4. The second-order valence-corrected chi connectivity index (χ2v) is 9.00. The third-order valence-corrected chi connectivity index (χ3v) is 6.28. The Hall–Kier alpha value is -3.80. The first-order chi connectivity index (χ1) is 17.9. The van der Waals surface area contributed by atoms with E-state index in [1.54, 1.807) is 24.1 Å². The monoisotopic (exact) mass is 511 g/mol. The summed E-state index contributed by atoms with van der Waals surface area (Å²) in [5.41, 5.74) is 2.83. The summed E-state index contributed by atoms with van der Waals surface area (Å²) in [6.07, 6.45) is 5.17. The molecule has 0 spiro atoms. The van der Waals surface area contributed by atoms with Crippen LogP contribution in [0.2, 0.25) is 0 Å². The number of nitrogens with one attached hydrogen (secondary N) is 1. The molecule has 12 heteroatoms. The lowest BCUT2D eigenvalue weighted by Gasteiger charge is -2.27. The minimum Gasteiger partial charge on any atom is -0.489 e. The number of nitrogens with zero attached hydrogens (tertiary/aromatic N) is 6. The van der Waals surface area contributed by atoms with Gasteiger partial charge in [-0.3, -0.25) is 4.79 Å². The van der Waals surface area contributed by atoms with E-state index in [4.69, 9.17) is 19.2 Å². The second kappa shape index (κ2) is 12.4. The first kappa shape index (κ1) is 26.3. The van der Waals surface area contributed by atoms with Crippen molar-refractivity contribution in [2.75, 3.05) is 25.6 Å². The molecule has 37 heavy (non-hydrogen) atoms. The molecule has 1 aliphatic rings. The predicted octanol–water partition coefficient (Wildman–Crippen LogP) is 3.03. The number of hydrogen-bond donors (Lipinski definition) is 2. The van der Waals surface area contributed by atoms with Crippen LogP contribution >= 0.6 is 0 Å². The van der Waals surface area contributed by atoms with Gasteiger partial charge >= 0.3 is 5.97 Å². The first-order valence-corrected chi connectivity index (χ1v) is 12.4. The number of aryl methyl sites for hydroxylation is 2. The van der Waals surface area contributed by atoms with Crippen LogP contribution in [0.3, 0.4) is 0 Å². The van der Waals surface area contributed by atoms with Crippen molar-refractivity contribution in [1.29, 1.82) is 0 Å². The van der Waals surface area contributed by atoms with Crippen molar-refractivity contribution in [2.45, 2.75) is 51.7 Å². The molecule has 2 atom stereocenters. The van der Waals surface area contributed by atoms with E-state index in [0.29, 0.717) is 67.3 Å². The molecule has 3 heterocycles. The van der Waals surface area contributed by atoms with Gasteiger partial charge < -0.3 is 24.6 Å². The molecule has 1 aliphatic carbocycles. The van der Waals surface area contributed by atoms with Crippen LogP contribution in [-0.2, 0) is 23.1 Å². The van der Waals surface area contributed by atoms with Gasteiger partial charge in [0.15, 0.2) is 0 Å². The lowest BCUT2D eigenvalue weighted by atomic mass is 9.87. The molecule has 3 aromatic heterocycles. The average molecular weight is 512 g/mol. The number of carbonyl (C=O) groups is 1. The molecule has 0 saturated heterocycles. The Balaban J connectivity index is 1.41. The summed E-state index contributed by atoms with van der Waals surface area (Å²) in [5.74, 6) is 0.454. The number of ether oxygens (including phenoxy) is 3. The van der Waals surface area contributed by atoms with Crippen LogP contribution in [0.1, 0.15) is 43.5 Å². The van der Waals surface area contributed by atoms with Gasteiger partial charge in [-0.15, -0.1) is 5.10 Å². The van der Waals surface area contributed by atoms with E-state index in [2.05, 4.69) is 25.6 Å². The van der Waals surface area contributed by atoms with Gasteiger partial charge in [0.05, 0.1) is 42.3 Å². The number of aliphatic carboxylic acids is 1. The van der Waals surface area contributed by atoms with Crippen molar-refractivity contribution in [1.82, 2.24) is 29.9 Å². The lowest BCUT2D eigenvalue weighted by molar-refractivity contribution is -0.143. The summed E-state index contributed by atoms with van der Waals surface area (Å²) in [7, 11) is 3.47. The summed E-state index contributed by atoms with van der Waals surface area (Å²) in [5, 5.41) is 21.0. The van der Waals surface area contributed by atoms with Crippen molar-refractivity contribution in [2.24, 2.45) is 13.0 Å². The molecule has 12 nitrogen and oxygen atoms in total. The van der Waals surface area contributed by atoms with Gasteiger partial charge in [-0.05, 0) is 44.7 Å². The maximum atomic E-state index is 11.4. The van der Waals surface area contributed by atoms with Crippen LogP contribution in [0.4, 0.5) is 5.95 Å². The van der Waals surface area contributed by atoms with E-state index >= 15 is 0 Å². The quantitative estimate of drug-likeness (QED) is 0.346. The second-order valence-electron chi connectivity index (χ2n) is 9.00. The van der Waals surface area contributed by atoms with Crippen LogP contribution in [0, 0.1) is 12.8 Å². The Morgan fingerprint density at radius 1 is 1.22 bits per heavy atom. The summed E-state index contributed by atoms with van der Waals surface area (Å²) in [6.45, 7) is 3.38. The third kappa shape index (κ3) is 6.91. The Kier molecular flexibility index (Phi) is 8.83. The minimum atomic E-state index is -0.756. The number of rotatable bonds is 12. The van der Waals surface area contributed by atoms with Gasteiger partial charge in [0.1, 0.15) is 11.4 Å². The molecule has 0 amide bonds. The van der Waals surface area contributed by atoms with E-state index in [1.807, 2.05) is 26.1 Å². The van der Waals surface area contributed by atoms with Gasteiger partial charge in [-0.2, -0.15) is 4.98 Å². The van der Waals surface area contributed by atoms with E-state index in [9.17, 15) is 9.90 Å².